The quantitative estimate of drug-likeness (QED) is 0.872. The lowest BCUT2D eigenvalue weighted by molar-refractivity contribution is 0.0556. The van der Waals surface area contributed by atoms with Crippen molar-refractivity contribution in [2.24, 2.45) is 5.92 Å². The van der Waals surface area contributed by atoms with Gasteiger partial charge in [0.1, 0.15) is 6.10 Å². The first kappa shape index (κ1) is 14.0. The summed E-state index contributed by atoms with van der Waals surface area (Å²) in [4.78, 5) is 4.38. The van der Waals surface area contributed by atoms with Crippen LogP contribution in [-0.4, -0.2) is 17.3 Å². The first-order valence-corrected chi connectivity index (χ1v) is 6.74. The molecule has 1 unspecified atom stereocenters. The summed E-state index contributed by atoms with van der Waals surface area (Å²) in [6.45, 7) is 4.09. The van der Waals surface area contributed by atoms with Crippen molar-refractivity contribution in [3.63, 3.8) is 0 Å². The van der Waals surface area contributed by atoms with E-state index in [1.807, 2.05) is 26.0 Å². The minimum Gasteiger partial charge on any atom is -0.398 e. The zero-order valence-corrected chi connectivity index (χ0v) is 12.6. The fourth-order valence-electron chi connectivity index (χ4n) is 1.80. The van der Waals surface area contributed by atoms with Gasteiger partial charge in [-0.2, -0.15) is 4.98 Å². The van der Waals surface area contributed by atoms with Crippen molar-refractivity contribution in [2.75, 3.05) is 12.8 Å². The number of aromatic nitrogens is 2. The number of ether oxygens (including phenoxy) is 1. The fourth-order valence-corrected chi connectivity index (χ4v) is 2.18. The topological polar surface area (TPSA) is 74.2 Å². The molecule has 0 saturated carbocycles. The molecule has 2 aromatic rings. The highest BCUT2D eigenvalue weighted by atomic mass is 79.9. The minimum absolute atomic E-state index is 0.172. The van der Waals surface area contributed by atoms with Gasteiger partial charge in [-0.3, -0.25) is 0 Å². The van der Waals surface area contributed by atoms with Crippen LogP contribution in [0.5, 0.6) is 0 Å². The molecule has 0 bridgehead atoms. The normalized spacial score (nSPS) is 12.9. The van der Waals surface area contributed by atoms with E-state index < -0.39 is 0 Å². The fraction of sp³-hybridized carbons (Fsp3) is 0.385. The molecule has 6 heteroatoms. The van der Waals surface area contributed by atoms with Crippen molar-refractivity contribution in [3.8, 4) is 11.5 Å². The number of hydrogen-bond acceptors (Lipinski definition) is 5. The molecule has 5 nitrogen and oxygen atoms in total. The highest BCUT2D eigenvalue weighted by molar-refractivity contribution is 9.10. The van der Waals surface area contributed by atoms with Crippen LogP contribution in [0.3, 0.4) is 0 Å². The van der Waals surface area contributed by atoms with Crippen LogP contribution in [0.1, 0.15) is 25.8 Å². The molecule has 0 amide bonds. The molecule has 1 aromatic heterocycles. The van der Waals surface area contributed by atoms with Gasteiger partial charge in [0.05, 0.1) is 0 Å². The number of nitrogen functional groups attached to an aromatic ring is 1. The third-order valence-corrected chi connectivity index (χ3v) is 3.49. The summed E-state index contributed by atoms with van der Waals surface area (Å²) in [5, 5.41) is 3.98. The highest BCUT2D eigenvalue weighted by Gasteiger charge is 2.21. The lowest BCUT2D eigenvalue weighted by Gasteiger charge is -2.14. The molecule has 0 radical (unpaired) electrons. The van der Waals surface area contributed by atoms with E-state index in [1.54, 1.807) is 13.2 Å². The summed E-state index contributed by atoms with van der Waals surface area (Å²) >= 11 is 3.38. The smallest absolute Gasteiger partial charge is 0.258 e. The van der Waals surface area contributed by atoms with Gasteiger partial charge in [-0.25, -0.2) is 0 Å². The average Bonchev–Trinajstić information content (AvgIpc) is 2.82. The predicted octanol–water partition coefficient (Wildman–Crippen LogP) is 3.42. The minimum atomic E-state index is -0.172. The van der Waals surface area contributed by atoms with Crippen molar-refractivity contribution in [1.29, 1.82) is 0 Å². The highest BCUT2D eigenvalue weighted by Crippen LogP contribution is 2.28. The monoisotopic (exact) mass is 325 g/mol. The molecule has 1 heterocycles. The van der Waals surface area contributed by atoms with Crippen LogP contribution in [0, 0.1) is 5.92 Å². The van der Waals surface area contributed by atoms with Crippen molar-refractivity contribution < 1.29 is 9.26 Å². The zero-order chi connectivity index (χ0) is 14.0. The van der Waals surface area contributed by atoms with Crippen molar-refractivity contribution in [1.82, 2.24) is 10.1 Å². The molecule has 0 spiro atoms. The van der Waals surface area contributed by atoms with E-state index in [-0.39, 0.29) is 12.0 Å². The number of nitrogens with two attached hydrogens (primary N) is 1. The lowest BCUT2D eigenvalue weighted by atomic mass is 10.1. The Morgan fingerprint density at radius 1 is 1.37 bits per heavy atom. The molecule has 102 valence electrons. The molecular weight excluding hydrogens is 310 g/mol. The van der Waals surface area contributed by atoms with Crippen LogP contribution in [0.4, 0.5) is 5.69 Å². The third-order valence-electron chi connectivity index (χ3n) is 2.80. The third kappa shape index (κ3) is 2.96. The maximum absolute atomic E-state index is 5.75. The largest absolute Gasteiger partial charge is 0.398 e. The van der Waals surface area contributed by atoms with Crippen LogP contribution in [0.2, 0.25) is 0 Å². The number of benzene rings is 1. The first-order valence-electron chi connectivity index (χ1n) is 5.94. The molecule has 0 aliphatic carbocycles. The Labute approximate surface area is 120 Å². The van der Waals surface area contributed by atoms with E-state index in [1.165, 1.54) is 0 Å². The molecule has 0 fully saturated rings. The maximum atomic E-state index is 5.75. The molecule has 0 aliphatic heterocycles. The van der Waals surface area contributed by atoms with E-state index >= 15 is 0 Å². The second-order valence-corrected chi connectivity index (χ2v) is 5.45. The second-order valence-electron chi connectivity index (χ2n) is 4.59. The van der Waals surface area contributed by atoms with Gasteiger partial charge < -0.3 is 15.0 Å². The number of anilines is 1. The molecule has 19 heavy (non-hydrogen) atoms. The lowest BCUT2D eigenvalue weighted by Crippen LogP contribution is -2.10. The summed E-state index contributed by atoms with van der Waals surface area (Å²) in [6, 6.07) is 5.48. The van der Waals surface area contributed by atoms with Gasteiger partial charge in [0, 0.05) is 22.8 Å². The van der Waals surface area contributed by atoms with Crippen LogP contribution in [-0.2, 0) is 4.74 Å². The molecule has 2 N–H and O–H groups in total. The van der Waals surface area contributed by atoms with Crippen LogP contribution >= 0.6 is 15.9 Å². The van der Waals surface area contributed by atoms with Gasteiger partial charge in [0.25, 0.3) is 5.89 Å². The molecular formula is C13H16BrN3O2. The van der Waals surface area contributed by atoms with Gasteiger partial charge in [0.15, 0.2) is 0 Å². The number of rotatable bonds is 4. The van der Waals surface area contributed by atoms with Crippen LogP contribution < -0.4 is 5.73 Å². The molecule has 1 aromatic carbocycles. The maximum Gasteiger partial charge on any atom is 0.258 e. The Balaban J connectivity index is 2.32. The molecule has 0 aliphatic rings. The molecule has 2 rings (SSSR count). The first-order chi connectivity index (χ1) is 9.02. The number of halogens is 1. The Bertz CT molecular complexity index is 569. The van der Waals surface area contributed by atoms with Gasteiger partial charge in [-0.05, 0) is 40.0 Å². The van der Waals surface area contributed by atoms with Crippen LogP contribution in [0.15, 0.2) is 27.2 Å². The second kappa shape index (κ2) is 5.71. The average molecular weight is 326 g/mol. The van der Waals surface area contributed by atoms with E-state index in [4.69, 9.17) is 15.0 Å². The number of nitrogens with zero attached hydrogens (tertiary/aromatic N) is 2. The van der Waals surface area contributed by atoms with Gasteiger partial charge in [-0.15, -0.1) is 0 Å². The SMILES string of the molecule is COC(c1noc(-c2ccc(N)c(Br)c2)n1)C(C)C. The summed E-state index contributed by atoms with van der Waals surface area (Å²) in [5.74, 6) is 1.28. The van der Waals surface area contributed by atoms with E-state index in [0.717, 1.165) is 10.0 Å². The number of methoxy groups -OCH3 is 1. The Kier molecular flexibility index (Phi) is 4.21. The Morgan fingerprint density at radius 2 is 2.11 bits per heavy atom. The Hall–Kier alpha value is -1.40. The summed E-state index contributed by atoms with van der Waals surface area (Å²) in [7, 11) is 1.64. The standard InChI is InChI=1S/C13H16BrN3O2/c1-7(2)11(18-3)12-16-13(19-17-12)8-4-5-10(15)9(14)6-8/h4-7,11H,15H2,1-3H3. The zero-order valence-electron chi connectivity index (χ0n) is 11.1. The van der Waals surface area contributed by atoms with E-state index in [9.17, 15) is 0 Å². The Morgan fingerprint density at radius 3 is 2.68 bits per heavy atom. The van der Waals surface area contributed by atoms with Gasteiger partial charge in [0.2, 0.25) is 5.82 Å². The van der Waals surface area contributed by atoms with Gasteiger partial charge >= 0.3 is 0 Å². The summed E-state index contributed by atoms with van der Waals surface area (Å²) in [5.41, 5.74) is 7.23. The van der Waals surface area contributed by atoms with Crippen molar-refractivity contribution in [3.05, 3.63) is 28.5 Å². The van der Waals surface area contributed by atoms with Crippen LogP contribution in [0.25, 0.3) is 11.5 Å². The van der Waals surface area contributed by atoms with Gasteiger partial charge in [-0.1, -0.05) is 19.0 Å². The van der Waals surface area contributed by atoms with E-state index in [0.29, 0.717) is 17.4 Å². The van der Waals surface area contributed by atoms with Crippen molar-refractivity contribution in [2.45, 2.75) is 20.0 Å². The predicted molar refractivity (Wildman–Crippen MR) is 76.4 cm³/mol. The van der Waals surface area contributed by atoms with Crippen molar-refractivity contribution >= 4 is 21.6 Å². The number of hydrogen-bond donors (Lipinski definition) is 1. The molecule has 0 saturated heterocycles. The summed E-state index contributed by atoms with van der Waals surface area (Å²) in [6.07, 6.45) is -0.172. The summed E-state index contributed by atoms with van der Waals surface area (Å²) < 4.78 is 11.5. The molecule has 1 atom stereocenters. The van der Waals surface area contributed by atoms with E-state index in [2.05, 4.69) is 26.1 Å².